The predicted octanol–water partition coefficient (Wildman–Crippen LogP) is 2.55. The standard InChI is InChI=1S/C12H16N2O2/c1-9-10(8-13-12(2)6-7-12)4-3-5-11(9)14(15)16/h3-5,13H,6-8H2,1-2H3. The van der Waals surface area contributed by atoms with Crippen molar-refractivity contribution in [3.05, 3.63) is 39.4 Å². The highest BCUT2D eigenvalue weighted by atomic mass is 16.6. The topological polar surface area (TPSA) is 55.2 Å². The molecule has 4 heteroatoms. The lowest BCUT2D eigenvalue weighted by Gasteiger charge is -2.12. The van der Waals surface area contributed by atoms with Gasteiger partial charge in [0.05, 0.1) is 4.92 Å². The van der Waals surface area contributed by atoms with Crippen LogP contribution in [0.1, 0.15) is 30.9 Å². The van der Waals surface area contributed by atoms with Crippen LogP contribution in [0.3, 0.4) is 0 Å². The van der Waals surface area contributed by atoms with E-state index in [0.717, 1.165) is 11.1 Å². The number of benzene rings is 1. The van der Waals surface area contributed by atoms with E-state index in [9.17, 15) is 10.1 Å². The van der Waals surface area contributed by atoms with Gasteiger partial charge in [-0.1, -0.05) is 12.1 Å². The lowest BCUT2D eigenvalue weighted by molar-refractivity contribution is -0.385. The summed E-state index contributed by atoms with van der Waals surface area (Å²) >= 11 is 0. The Morgan fingerprint density at radius 1 is 1.50 bits per heavy atom. The quantitative estimate of drug-likeness (QED) is 0.626. The summed E-state index contributed by atoms with van der Waals surface area (Å²) in [4.78, 5) is 10.5. The highest BCUT2D eigenvalue weighted by molar-refractivity contribution is 5.44. The van der Waals surface area contributed by atoms with Crippen LogP contribution in [0.2, 0.25) is 0 Å². The van der Waals surface area contributed by atoms with Gasteiger partial charge in [0.1, 0.15) is 0 Å². The summed E-state index contributed by atoms with van der Waals surface area (Å²) in [5.74, 6) is 0. The minimum Gasteiger partial charge on any atom is -0.307 e. The number of hydrogen-bond acceptors (Lipinski definition) is 3. The smallest absolute Gasteiger partial charge is 0.272 e. The Hall–Kier alpha value is -1.42. The minimum atomic E-state index is -0.322. The van der Waals surface area contributed by atoms with Crippen molar-refractivity contribution >= 4 is 5.69 Å². The molecule has 1 aromatic carbocycles. The summed E-state index contributed by atoms with van der Waals surface area (Å²) in [6.07, 6.45) is 2.39. The summed E-state index contributed by atoms with van der Waals surface area (Å²) < 4.78 is 0. The average molecular weight is 220 g/mol. The molecule has 1 aromatic rings. The Bertz CT molecular complexity index is 425. The SMILES string of the molecule is Cc1c(CNC2(C)CC2)cccc1[N+](=O)[O-]. The van der Waals surface area contributed by atoms with Crippen molar-refractivity contribution < 1.29 is 4.92 Å². The second-order valence-corrected chi connectivity index (χ2v) is 4.73. The van der Waals surface area contributed by atoms with Crippen molar-refractivity contribution in [3.8, 4) is 0 Å². The third-order valence-corrected chi connectivity index (χ3v) is 3.32. The van der Waals surface area contributed by atoms with Crippen molar-refractivity contribution in [2.24, 2.45) is 0 Å². The second kappa shape index (κ2) is 3.87. The number of nitro benzene ring substituents is 1. The molecular weight excluding hydrogens is 204 g/mol. The fourth-order valence-corrected chi connectivity index (χ4v) is 1.73. The van der Waals surface area contributed by atoms with Crippen LogP contribution in [0.5, 0.6) is 0 Å². The van der Waals surface area contributed by atoms with Crippen molar-refractivity contribution in [1.29, 1.82) is 0 Å². The summed E-state index contributed by atoms with van der Waals surface area (Å²) in [6.45, 7) is 4.70. The first kappa shape index (κ1) is 11.1. The van der Waals surface area contributed by atoms with Crippen molar-refractivity contribution in [1.82, 2.24) is 5.32 Å². The molecule has 4 nitrogen and oxygen atoms in total. The summed E-state index contributed by atoms with van der Waals surface area (Å²) in [7, 11) is 0. The van der Waals surface area contributed by atoms with Gasteiger partial charge in [0.15, 0.2) is 0 Å². The molecular formula is C12H16N2O2. The lowest BCUT2D eigenvalue weighted by Crippen LogP contribution is -2.27. The van der Waals surface area contributed by atoms with Gasteiger partial charge in [0.2, 0.25) is 0 Å². The van der Waals surface area contributed by atoms with E-state index in [4.69, 9.17) is 0 Å². The molecule has 0 unspecified atom stereocenters. The fourth-order valence-electron chi connectivity index (χ4n) is 1.73. The van der Waals surface area contributed by atoms with E-state index in [2.05, 4.69) is 12.2 Å². The Morgan fingerprint density at radius 2 is 2.19 bits per heavy atom. The molecule has 0 radical (unpaired) electrons. The zero-order chi connectivity index (χ0) is 11.8. The summed E-state index contributed by atoms with van der Waals surface area (Å²) in [5, 5.41) is 14.2. The average Bonchev–Trinajstić information content (AvgIpc) is 2.95. The molecule has 1 N–H and O–H groups in total. The summed E-state index contributed by atoms with van der Waals surface area (Å²) in [6, 6.07) is 5.25. The van der Waals surface area contributed by atoms with Crippen LogP contribution in [0.4, 0.5) is 5.69 Å². The van der Waals surface area contributed by atoms with E-state index in [0.29, 0.717) is 6.54 Å². The number of nitrogens with zero attached hydrogens (tertiary/aromatic N) is 1. The van der Waals surface area contributed by atoms with Crippen LogP contribution in [0.15, 0.2) is 18.2 Å². The Labute approximate surface area is 94.8 Å². The van der Waals surface area contributed by atoms with Crippen molar-refractivity contribution in [2.45, 2.75) is 38.8 Å². The van der Waals surface area contributed by atoms with Gasteiger partial charge in [0.25, 0.3) is 5.69 Å². The highest BCUT2D eigenvalue weighted by Gasteiger charge is 2.36. The Kier molecular flexibility index (Phi) is 2.68. The maximum atomic E-state index is 10.8. The van der Waals surface area contributed by atoms with Crippen LogP contribution in [-0.2, 0) is 6.54 Å². The van der Waals surface area contributed by atoms with Crippen LogP contribution >= 0.6 is 0 Å². The molecule has 0 amide bonds. The monoisotopic (exact) mass is 220 g/mol. The third-order valence-electron chi connectivity index (χ3n) is 3.32. The molecule has 0 heterocycles. The van der Waals surface area contributed by atoms with Crippen molar-refractivity contribution in [2.75, 3.05) is 0 Å². The molecule has 16 heavy (non-hydrogen) atoms. The molecule has 0 aliphatic heterocycles. The van der Waals surface area contributed by atoms with E-state index >= 15 is 0 Å². The van der Waals surface area contributed by atoms with Gasteiger partial charge in [-0.25, -0.2) is 0 Å². The van der Waals surface area contributed by atoms with E-state index < -0.39 is 0 Å². The van der Waals surface area contributed by atoms with Crippen LogP contribution in [0.25, 0.3) is 0 Å². The molecule has 0 atom stereocenters. The zero-order valence-corrected chi connectivity index (χ0v) is 9.62. The number of rotatable bonds is 4. The molecule has 1 fully saturated rings. The molecule has 1 aliphatic carbocycles. The molecule has 0 saturated heterocycles. The van der Waals surface area contributed by atoms with E-state index in [-0.39, 0.29) is 16.1 Å². The first-order chi connectivity index (χ1) is 7.52. The molecule has 2 rings (SSSR count). The number of nitro groups is 1. The van der Waals surface area contributed by atoms with Gasteiger partial charge < -0.3 is 5.32 Å². The zero-order valence-electron chi connectivity index (χ0n) is 9.62. The molecule has 0 bridgehead atoms. The van der Waals surface area contributed by atoms with Crippen LogP contribution in [0, 0.1) is 17.0 Å². The number of nitrogens with one attached hydrogen (secondary N) is 1. The van der Waals surface area contributed by atoms with Gasteiger partial charge in [0, 0.05) is 23.7 Å². The molecule has 86 valence electrons. The van der Waals surface area contributed by atoms with Crippen LogP contribution in [-0.4, -0.2) is 10.5 Å². The van der Waals surface area contributed by atoms with Crippen LogP contribution < -0.4 is 5.32 Å². The Morgan fingerprint density at radius 3 is 2.75 bits per heavy atom. The number of hydrogen-bond donors (Lipinski definition) is 1. The van der Waals surface area contributed by atoms with E-state index in [1.807, 2.05) is 13.0 Å². The van der Waals surface area contributed by atoms with Gasteiger partial charge >= 0.3 is 0 Å². The lowest BCUT2D eigenvalue weighted by atomic mass is 10.1. The largest absolute Gasteiger partial charge is 0.307 e. The van der Waals surface area contributed by atoms with Gasteiger partial charge in [-0.05, 0) is 32.3 Å². The first-order valence-corrected chi connectivity index (χ1v) is 5.50. The molecule has 1 saturated carbocycles. The van der Waals surface area contributed by atoms with Gasteiger partial charge in [-0.15, -0.1) is 0 Å². The molecule has 0 aromatic heterocycles. The van der Waals surface area contributed by atoms with Crippen molar-refractivity contribution in [3.63, 3.8) is 0 Å². The third kappa shape index (κ3) is 2.22. The van der Waals surface area contributed by atoms with E-state index in [1.54, 1.807) is 12.1 Å². The summed E-state index contributed by atoms with van der Waals surface area (Å²) in [5.41, 5.74) is 2.25. The predicted molar refractivity (Wildman–Crippen MR) is 62.3 cm³/mol. The maximum Gasteiger partial charge on any atom is 0.272 e. The Balaban J connectivity index is 2.14. The first-order valence-electron chi connectivity index (χ1n) is 5.50. The fraction of sp³-hybridized carbons (Fsp3) is 0.500. The molecule has 0 spiro atoms. The minimum absolute atomic E-state index is 0.209. The van der Waals surface area contributed by atoms with Gasteiger partial charge in [-0.3, -0.25) is 10.1 Å². The maximum absolute atomic E-state index is 10.8. The van der Waals surface area contributed by atoms with Gasteiger partial charge in [-0.2, -0.15) is 0 Å². The molecule has 1 aliphatic rings. The van der Waals surface area contributed by atoms with E-state index in [1.165, 1.54) is 12.8 Å². The normalized spacial score (nSPS) is 17.1. The highest BCUT2D eigenvalue weighted by Crippen LogP contribution is 2.34. The second-order valence-electron chi connectivity index (χ2n) is 4.73.